The molecule has 0 saturated carbocycles. The molecule has 0 aliphatic rings. The highest BCUT2D eigenvalue weighted by atomic mass is 16.5. The van der Waals surface area contributed by atoms with Crippen LogP contribution in [0.4, 0.5) is 0 Å². The van der Waals surface area contributed by atoms with Crippen LogP contribution in [0.3, 0.4) is 0 Å². The fraction of sp³-hybridized carbons (Fsp3) is 0.333. The molecule has 0 fully saturated rings. The summed E-state index contributed by atoms with van der Waals surface area (Å²) in [6.07, 6.45) is 1.03. The van der Waals surface area contributed by atoms with Gasteiger partial charge in [0.05, 0.1) is 7.11 Å². The third kappa shape index (κ3) is 3.32. The van der Waals surface area contributed by atoms with E-state index >= 15 is 0 Å². The van der Waals surface area contributed by atoms with Crippen LogP contribution in [-0.2, 0) is 6.42 Å². The molecular formula is C12H18O. The van der Waals surface area contributed by atoms with E-state index in [1.165, 1.54) is 11.1 Å². The molecule has 0 bridgehead atoms. The van der Waals surface area contributed by atoms with Crippen molar-refractivity contribution in [3.63, 3.8) is 0 Å². The average Bonchev–Trinajstić information content (AvgIpc) is 2.20. The third-order valence-corrected chi connectivity index (χ3v) is 1.82. The van der Waals surface area contributed by atoms with E-state index in [1.807, 2.05) is 0 Å². The van der Waals surface area contributed by atoms with Crippen LogP contribution in [0.25, 0.3) is 0 Å². The predicted molar refractivity (Wildman–Crippen MR) is 58.4 cm³/mol. The quantitative estimate of drug-likeness (QED) is 0.631. The van der Waals surface area contributed by atoms with E-state index in [9.17, 15) is 0 Å². The first-order chi connectivity index (χ1) is 6.27. The van der Waals surface area contributed by atoms with Gasteiger partial charge in [0.25, 0.3) is 0 Å². The maximum atomic E-state index is 5.22. The van der Waals surface area contributed by atoms with E-state index in [2.05, 4.69) is 45.2 Å². The summed E-state index contributed by atoms with van der Waals surface area (Å²) in [7, 11) is 1.72. The first kappa shape index (κ1) is 11.8. The van der Waals surface area contributed by atoms with Crippen molar-refractivity contribution in [1.82, 2.24) is 0 Å². The van der Waals surface area contributed by atoms with Crippen LogP contribution in [0.1, 0.15) is 18.1 Å². The standard InChI is InChI=1S/C10H14O.C2H4/c1-4-9-6-5-8(2)7-10(9)11-3;1-2/h5-7H,4H2,1-3H3;1-2H2. The fourth-order valence-corrected chi connectivity index (χ4v) is 1.14. The Morgan fingerprint density at radius 3 is 2.38 bits per heavy atom. The summed E-state index contributed by atoms with van der Waals surface area (Å²) in [4.78, 5) is 0. The molecule has 0 radical (unpaired) electrons. The normalized spacial score (nSPS) is 8.54. The lowest BCUT2D eigenvalue weighted by Crippen LogP contribution is -1.90. The van der Waals surface area contributed by atoms with Gasteiger partial charge in [0, 0.05) is 0 Å². The topological polar surface area (TPSA) is 9.23 Å². The van der Waals surface area contributed by atoms with Crippen molar-refractivity contribution < 1.29 is 4.74 Å². The summed E-state index contributed by atoms with van der Waals surface area (Å²) >= 11 is 0. The molecule has 1 nitrogen and oxygen atoms in total. The van der Waals surface area contributed by atoms with Gasteiger partial charge in [-0.25, -0.2) is 0 Å². The molecular weight excluding hydrogens is 160 g/mol. The maximum Gasteiger partial charge on any atom is 0.122 e. The number of hydrogen-bond donors (Lipinski definition) is 0. The Balaban J connectivity index is 0.000000671. The Bertz CT molecular complexity index is 253. The van der Waals surface area contributed by atoms with Crippen LogP contribution < -0.4 is 4.74 Å². The minimum Gasteiger partial charge on any atom is -0.496 e. The molecule has 0 N–H and O–H groups in total. The van der Waals surface area contributed by atoms with Gasteiger partial charge in [-0.05, 0) is 30.5 Å². The number of hydrogen-bond acceptors (Lipinski definition) is 1. The van der Waals surface area contributed by atoms with Crippen LogP contribution in [0, 0.1) is 6.92 Å². The zero-order chi connectivity index (χ0) is 10.3. The van der Waals surface area contributed by atoms with Gasteiger partial charge in [-0.2, -0.15) is 0 Å². The summed E-state index contributed by atoms with van der Waals surface area (Å²) in [5.41, 5.74) is 2.53. The highest BCUT2D eigenvalue weighted by Gasteiger charge is 1.98. The van der Waals surface area contributed by atoms with Gasteiger partial charge in [0.1, 0.15) is 5.75 Å². The van der Waals surface area contributed by atoms with Crippen molar-refractivity contribution in [2.24, 2.45) is 0 Å². The van der Waals surface area contributed by atoms with Gasteiger partial charge in [-0.3, -0.25) is 0 Å². The Morgan fingerprint density at radius 1 is 1.31 bits per heavy atom. The lowest BCUT2D eigenvalue weighted by molar-refractivity contribution is 0.410. The summed E-state index contributed by atoms with van der Waals surface area (Å²) in [5, 5.41) is 0. The van der Waals surface area contributed by atoms with Gasteiger partial charge in [0.15, 0.2) is 0 Å². The van der Waals surface area contributed by atoms with Crippen LogP contribution in [0.2, 0.25) is 0 Å². The van der Waals surface area contributed by atoms with Crippen LogP contribution in [0.15, 0.2) is 31.4 Å². The van der Waals surface area contributed by atoms with E-state index in [1.54, 1.807) is 7.11 Å². The molecule has 0 aliphatic heterocycles. The zero-order valence-electron chi connectivity index (χ0n) is 8.76. The molecule has 1 aromatic carbocycles. The zero-order valence-corrected chi connectivity index (χ0v) is 8.76. The fourth-order valence-electron chi connectivity index (χ4n) is 1.14. The molecule has 13 heavy (non-hydrogen) atoms. The number of methoxy groups -OCH3 is 1. The predicted octanol–water partition coefficient (Wildman–Crippen LogP) is 3.37. The lowest BCUT2D eigenvalue weighted by atomic mass is 10.1. The smallest absolute Gasteiger partial charge is 0.122 e. The molecule has 1 heteroatoms. The van der Waals surface area contributed by atoms with Crippen molar-refractivity contribution in [3.8, 4) is 5.75 Å². The highest BCUT2D eigenvalue weighted by molar-refractivity contribution is 5.36. The van der Waals surface area contributed by atoms with Gasteiger partial charge in [-0.15, -0.1) is 13.2 Å². The first-order valence-electron chi connectivity index (χ1n) is 4.41. The second kappa shape index (κ2) is 6.30. The maximum absolute atomic E-state index is 5.22. The monoisotopic (exact) mass is 178 g/mol. The van der Waals surface area contributed by atoms with Crippen LogP contribution >= 0.6 is 0 Å². The molecule has 1 aromatic rings. The molecule has 0 aliphatic carbocycles. The van der Waals surface area contributed by atoms with Crippen molar-refractivity contribution in [3.05, 3.63) is 42.5 Å². The SMILES string of the molecule is C=C.CCc1ccc(C)cc1OC. The van der Waals surface area contributed by atoms with Gasteiger partial charge >= 0.3 is 0 Å². The molecule has 0 spiro atoms. The Hall–Kier alpha value is -1.24. The van der Waals surface area contributed by atoms with Crippen LogP contribution in [-0.4, -0.2) is 7.11 Å². The van der Waals surface area contributed by atoms with Crippen molar-refractivity contribution in [1.29, 1.82) is 0 Å². The van der Waals surface area contributed by atoms with Crippen molar-refractivity contribution in [2.45, 2.75) is 20.3 Å². The Kier molecular flexibility index (Phi) is 5.69. The van der Waals surface area contributed by atoms with E-state index in [0.29, 0.717) is 0 Å². The van der Waals surface area contributed by atoms with E-state index < -0.39 is 0 Å². The van der Waals surface area contributed by atoms with E-state index in [0.717, 1.165) is 12.2 Å². The molecule has 0 amide bonds. The molecule has 0 aromatic heterocycles. The summed E-state index contributed by atoms with van der Waals surface area (Å²) in [6.45, 7) is 10.2. The van der Waals surface area contributed by atoms with Gasteiger partial charge < -0.3 is 4.74 Å². The summed E-state index contributed by atoms with van der Waals surface area (Å²) in [5.74, 6) is 1.01. The highest BCUT2D eigenvalue weighted by Crippen LogP contribution is 2.19. The lowest BCUT2D eigenvalue weighted by Gasteiger charge is -2.06. The van der Waals surface area contributed by atoms with Crippen LogP contribution in [0.5, 0.6) is 5.75 Å². The minimum atomic E-state index is 1.01. The molecule has 72 valence electrons. The summed E-state index contributed by atoms with van der Waals surface area (Å²) in [6, 6.07) is 6.30. The average molecular weight is 178 g/mol. The molecule has 0 saturated heterocycles. The molecule has 0 heterocycles. The molecule has 0 atom stereocenters. The third-order valence-electron chi connectivity index (χ3n) is 1.82. The first-order valence-corrected chi connectivity index (χ1v) is 4.41. The number of rotatable bonds is 2. The molecule has 1 rings (SSSR count). The van der Waals surface area contributed by atoms with Crippen molar-refractivity contribution >= 4 is 0 Å². The Morgan fingerprint density at radius 2 is 1.92 bits per heavy atom. The summed E-state index contributed by atoms with van der Waals surface area (Å²) < 4.78 is 5.22. The largest absolute Gasteiger partial charge is 0.496 e. The number of aryl methyl sites for hydroxylation is 2. The van der Waals surface area contributed by atoms with Gasteiger partial charge in [0.2, 0.25) is 0 Å². The second-order valence-electron chi connectivity index (χ2n) is 2.67. The van der Waals surface area contributed by atoms with Crippen molar-refractivity contribution in [2.75, 3.05) is 7.11 Å². The van der Waals surface area contributed by atoms with E-state index in [4.69, 9.17) is 4.74 Å². The Labute approximate surface area is 81.1 Å². The minimum absolute atomic E-state index is 1.01. The molecule has 0 unspecified atom stereocenters. The van der Waals surface area contributed by atoms with Gasteiger partial charge in [-0.1, -0.05) is 19.1 Å². The second-order valence-corrected chi connectivity index (χ2v) is 2.67. The number of benzene rings is 1. The van der Waals surface area contributed by atoms with E-state index in [-0.39, 0.29) is 0 Å². The number of ether oxygens (including phenoxy) is 1.